The van der Waals surface area contributed by atoms with Gasteiger partial charge in [-0.1, -0.05) is 36.4 Å². The van der Waals surface area contributed by atoms with E-state index < -0.39 is 0 Å². The summed E-state index contributed by atoms with van der Waals surface area (Å²) in [6, 6.07) is 26.6. The quantitative estimate of drug-likeness (QED) is 0.224. The third-order valence-corrected chi connectivity index (χ3v) is 6.88. The molecule has 3 aromatic carbocycles. The van der Waals surface area contributed by atoms with Crippen LogP contribution >= 0.6 is 0 Å². The van der Waals surface area contributed by atoms with E-state index in [0.717, 1.165) is 64.7 Å². The monoisotopic (exact) mass is 517 g/mol. The molecular weight excluding hydrogens is 486 g/mol. The molecule has 0 amide bonds. The Balaban J connectivity index is 1.25. The van der Waals surface area contributed by atoms with Crippen molar-refractivity contribution < 1.29 is 14.2 Å². The molecular formula is C33H31N3O3. The average molecular weight is 518 g/mol. The molecule has 1 aliphatic rings. The number of aromatic amines is 1. The van der Waals surface area contributed by atoms with Crippen molar-refractivity contribution in [3.05, 3.63) is 108 Å². The lowest BCUT2D eigenvalue weighted by molar-refractivity contribution is 0.0679. The predicted octanol–water partition coefficient (Wildman–Crippen LogP) is 7.26. The second-order valence-electron chi connectivity index (χ2n) is 9.58. The Bertz CT molecular complexity index is 1610. The Labute approximate surface area is 228 Å². The number of nitrogens with zero attached hydrogens (tertiary/aromatic N) is 2. The van der Waals surface area contributed by atoms with E-state index in [1.165, 1.54) is 5.39 Å². The molecule has 0 spiro atoms. The van der Waals surface area contributed by atoms with Gasteiger partial charge in [0, 0.05) is 30.0 Å². The Hall–Kier alpha value is -4.55. The van der Waals surface area contributed by atoms with E-state index in [1.807, 2.05) is 59.4 Å². The van der Waals surface area contributed by atoms with Crippen LogP contribution in [0.2, 0.25) is 0 Å². The van der Waals surface area contributed by atoms with E-state index in [2.05, 4.69) is 59.6 Å². The number of fused-ring (bicyclic) bond motifs is 1. The lowest BCUT2D eigenvalue weighted by Gasteiger charge is -2.13. The maximum absolute atomic E-state index is 5.95. The lowest BCUT2D eigenvalue weighted by Crippen LogP contribution is -2.16. The van der Waals surface area contributed by atoms with Gasteiger partial charge in [-0.25, -0.2) is 4.68 Å². The molecule has 0 saturated carbocycles. The molecule has 1 N–H and O–H groups in total. The van der Waals surface area contributed by atoms with E-state index in [9.17, 15) is 0 Å². The first-order valence-corrected chi connectivity index (χ1v) is 13.3. The number of hydrogen-bond acceptors (Lipinski definition) is 4. The summed E-state index contributed by atoms with van der Waals surface area (Å²) in [6.07, 6.45) is 12.5. The first kappa shape index (κ1) is 24.8. The Morgan fingerprint density at radius 2 is 1.90 bits per heavy atom. The van der Waals surface area contributed by atoms with Crippen LogP contribution < -0.4 is 9.47 Å². The number of rotatable bonds is 9. The Kier molecular flexibility index (Phi) is 7.28. The first-order chi connectivity index (χ1) is 19.2. The van der Waals surface area contributed by atoms with Gasteiger partial charge in [-0.15, -0.1) is 0 Å². The lowest BCUT2D eigenvalue weighted by atomic mass is 10.1. The van der Waals surface area contributed by atoms with Gasteiger partial charge in [0.15, 0.2) is 0 Å². The SMILES string of the molecule is COc1cc(OCC2CCCO2)ccc1C=Cc1cc(C=Cc2ccc3cc[nH]c3c2)n(-c2ccccc2)n1. The van der Waals surface area contributed by atoms with Crippen molar-refractivity contribution in [3.8, 4) is 17.2 Å². The summed E-state index contributed by atoms with van der Waals surface area (Å²) in [7, 11) is 1.67. The van der Waals surface area contributed by atoms with E-state index in [0.29, 0.717) is 6.61 Å². The maximum Gasteiger partial charge on any atom is 0.129 e. The molecule has 6 rings (SSSR count). The normalized spacial score (nSPS) is 15.6. The number of benzene rings is 3. The third kappa shape index (κ3) is 5.81. The Morgan fingerprint density at radius 1 is 0.974 bits per heavy atom. The number of para-hydroxylation sites is 1. The molecule has 196 valence electrons. The standard InChI is InChI=1S/C33H31N3O3/c1-37-33-22-30(39-23-31-8-5-19-38-31)16-13-26(33)12-14-27-21-29(36(35-27)28-6-3-2-4-7-28)15-10-24-9-11-25-17-18-34-32(25)20-24/h2-4,6-7,9-18,20-22,31,34H,5,8,19,23H2,1H3. The van der Waals surface area contributed by atoms with Crippen LogP contribution in [0, 0.1) is 0 Å². The largest absolute Gasteiger partial charge is 0.496 e. The van der Waals surface area contributed by atoms with Crippen molar-refractivity contribution in [2.45, 2.75) is 18.9 Å². The van der Waals surface area contributed by atoms with Crippen LogP contribution in [-0.4, -0.2) is 41.2 Å². The topological polar surface area (TPSA) is 61.3 Å². The molecule has 1 fully saturated rings. The molecule has 39 heavy (non-hydrogen) atoms. The van der Waals surface area contributed by atoms with Gasteiger partial charge in [0.1, 0.15) is 18.1 Å². The molecule has 6 nitrogen and oxygen atoms in total. The molecule has 0 radical (unpaired) electrons. The van der Waals surface area contributed by atoms with Crippen molar-refractivity contribution in [2.24, 2.45) is 0 Å². The van der Waals surface area contributed by atoms with E-state index in [4.69, 9.17) is 19.3 Å². The minimum atomic E-state index is 0.176. The minimum absolute atomic E-state index is 0.176. The van der Waals surface area contributed by atoms with Crippen molar-refractivity contribution >= 4 is 35.2 Å². The minimum Gasteiger partial charge on any atom is -0.496 e. The summed E-state index contributed by atoms with van der Waals surface area (Å²) in [6.45, 7) is 1.38. The molecule has 6 heteroatoms. The third-order valence-electron chi connectivity index (χ3n) is 6.88. The molecule has 1 unspecified atom stereocenters. The van der Waals surface area contributed by atoms with Gasteiger partial charge in [0.2, 0.25) is 0 Å². The van der Waals surface area contributed by atoms with Crippen LogP contribution in [0.5, 0.6) is 11.5 Å². The van der Waals surface area contributed by atoms with E-state index >= 15 is 0 Å². The Morgan fingerprint density at radius 3 is 2.74 bits per heavy atom. The van der Waals surface area contributed by atoms with Gasteiger partial charge >= 0.3 is 0 Å². The van der Waals surface area contributed by atoms with Crippen molar-refractivity contribution in [3.63, 3.8) is 0 Å². The van der Waals surface area contributed by atoms with Crippen LogP contribution in [0.15, 0.2) is 85.1 Å². The fourth-order valence-corrected chi connectivity index (χ4v) is 4.80. The fourth-order valence-electron chi connectivity index (χ4n) is 4.80. The van der Waals surface area contributed by atoms with Crippen LogP contribution in [-0.2, 0) is 4.74 Å². The maximum atomic E-state index is 5.95. The zero-order valence-electron chi connectivity index (χ0n) is 21.9. The molecule has 1 saturated heterocycles. The van der Waals surface area contributed by atoms with Crippen molar-refractivity contribution in [2.75, 3.05) is 20.3 Å². The zero-order valence-corrected chi connectivity index (χ0v) is 21.9. The highest BCUT2D eigenvalue weighted by molar-refractivity contribution is 5.83. The van der Waals surface area contributed by atoms with Crippen molar-refractivity contribution in [1.29, 1.82) is 0 Å². The van der Waals surface area contributed by atoms with Gasteiger partial charge < -0.3 is 19.2 Å². The molecule has 2 aromatic heterocycles. The van der Waals surface area contributed by atoms with Gasteiger partial charge in [-0.2, -0.15) is 5.10 Å². The fraction of sp³-hybridized carbons (Fsp3) is 0.182. The molecule has 0 bridgehead atoms. The second kappa shape index (κ2) is 11.5. The molecule has 5 aromatic rings. The van der Waals surface area contributed by atoms with Crippen LogP contribution in [0.4, 0.5) is 0 Å². The summed E-state index contributed by atoms with van der Waals surface area (Å²) in [4.78, 5) is 3.28. The number of ether oxygens (including phenoxy) is 3. The summed E-state index contributed by atoms with van der Waals surface area (Å²) in [5, 5.41) is 6.09. The molecule has 3 heterocycles. The molecule has 1 atom stereocenters. The highest BCUT2D eigenvalue weighted by Crippen LogP contribution is 2.28. The zero-order chi connectivity index (χ0) is 26.4. The van der Waals surface area contributed by atoms with Gasteiger partial charge in [-0.3, -0.25) is 0 Å². The smallest absolute Gasteiger partial charge is 0.129 e. The van der Waals surface area contributed by atoms with Crippen LogP contribution in [0.25, 0.3) is 40.9 Å². The number of aromatic nitrogens is 3. The highest BCUT2D eigenvalue weighted by atomic mass is 16.5. The summed E-state index contributed by atoms with van der Waals surface area (Å²) in [5.74, 6) is 1.52. The number of hydrogen-bond donors (Lipinski definition) is 1. The molecule has 0 aliphatic carbocycles. The van der Waals surface area contributed by atoms with Crippen LogP contribution in [0.3, 0.4) is 0 Å². The highest BCUT2D eigenvalue weighted by Gasteiger charge is 2.16. The van der Waals surface area contributed by atoms with E-state index in [-0.39, 0.29) is 6.10 Å². The van der Waals surface area contributed by atoms with Gasteiger partial charge in [0.05, 0.1) is 30.3 Å². The number of methoxy groups -OCH3 is 1. The van der Waals surface area contributed by atoms with E-state index in [1.54, 1.807) is 7.11 Å². The predicted molar refractivity (Wildman–Crippen MR) is 157 cm³/mol. The van der Waals surface area contributed by atoms with Gasteiger partial charge in [-0.05, 0) is 84.5 Å². The number of H-pyrrole nitrogens is 1. The molecule has 1 aliphatic heterocycles. The number of nitrogens with one attached hydrogen (secondary N) is 1. The van der Waals surface area contributed by atoms with Crippen molar-refractivity contribution in [1.82, 2.24) is 14.8 Å². The average Bonchev–Trinajstić information content (AvgIpc) is 3.75. The summed E-state index contributed by atoms with van der Waals surface area (Å²) >= 11 is 0. The van der Waals surface area contributed by atoms with Crippen LogP contribution in [0.1, 0.15) is 35.4 Å². The second-order valence-corrected chi connectivity index (χ2v) is 9.58. The van der Waals surface area contributed by atoms with Gasteiger partial charge in [0.25, 0.3) is 0 Å². The summed E-state index contributed by atoms with van der Waals surface area (Å²) < 4.78 is 19.2. The summed E-state index contributed by atoms with van der Waals surface area (Å²) in [5.41, 5.74) is 6.02. The first-order valence-electron chi connectivity index (χ1n) is 13.3.